The van der Waals surface area contributed by atoms with Crippen LogP contribution in [0.25, 0.3) is 0 Å². The van der Waals surface area contributed by atoms with E-state index in [0.717, 1.165) is 0 Å². The fourth-order valence-corrected chi connectivity index (χ4v) is 5.68. The van der Waals surface area contributed by atoms with Gasteiger partial charge in [-0.05, 0) is 31.1 Å². The number of carbonyl (C=O) groups excluding carboxylic acids is 2. The number of rotatable bonds is 2. The van der Waals surface area contributed by atoms with Crippen molar-refractivity contribution in [3.8, 4) is 0 Å². The SMILES string of the molecule is CO[C@@H]1OC(=O)[C@@]2(C)C(C)(C)C[C@@H]3[C@@H](OC(C)=O)C[C@@H](C)[C@H]1[C@@]32O. The maximum atomic E-state index is 12.9. The smallest absolute Gasteiger partial charge is 0.317 e. The van der Waals surface area contributed by atoms with Crippen LogP contribution in [0.1, 0.15) is 47.5 Å². The molecule has 0 aromatic heterocycles. The van der Waals surface area contributed by atoms with E-state index in [-0.39, 0.29) is 23.7 Å². The Bertz CT molecular complexity index is 572. The van der Waals surface area contributed by atoms with Crippen LogP contribution >= 0.6 is 0 Å². The van der Waals surface area contributed by atoms with Crippen molar-refractivity contribution in [1.29, 1.82) is 0 Å². The zero-order valence-electron chi connectivity index (χ0n) is 15.3. The molecule has 24 heavy (non-hydrogen) atoms. The van der Waals surface area contributed by atoms with Gasteiger partial charge in [0.1, 0.15) is 6.10 Å². The third-order valence-electron chi connectivity index (χ3n) is 7.10. The van der Waals surface area contributed by atoms with Gasteiger partial charge in [0.25, 0.3) is 0 Å². The molecule has 7 atom stereocenters. The first-order valence-corrected chi connectivity index (χ1v) is 8.64. The molecule has 0 spiro atoms. The van der Waals surface area contributed by atoms with Gasteiger partial charge in [-0.25, -0.2) is 0 Å². The Morgan fingerprint density at radius 1 is 1.33 bits per heavy atom. The van der Waals surface area contributed by atoms with Gasteiger partial charge >= 0.3 is 11.9 Å². The van der Waals surface area contributed by atoms with Crippen molar-refractivity contribution in [2.75, 3.05) is 7.11 Å². The molecule has 1 saturated heterocycles. The zero-order chi connectivity index (χ0) is 18.1. The highest BCUT2D eigenvalue weighted by atomic mass is 16.7. The molecule has 2 saturated carbocycles. The predicted molar refractivity (Wildman–Crippen MR) is 84.7 cm³/mol. The van der Waals surface area contributed by atoms with Crippen molar-refractivity contribution in [3.63, 3.8) is 0 Å². The van der Waals surface area contributed by atoms with E-state index in [2.05, 4.69) is 0 Å². The Balaban J connectivity index is 2.16. The first kappa shape index (κ1) is 17.7. The Morgan fingerprint density at radius 2 is 1.96 bits per heavy atom. The van der Waals surface area contributed by atoms with Gasteiger partial charge in [-0.15, -0.1) is 0 Å². The molecule has 0 aromatic rings. The quantitative estimate of drug-likeness (QED) is 0.773. The number of cyclic esters (lactones) is 1. The molecule has 2 aliphatic carbocycles. The highest BCUT2D eigenvalue weighted by molar-refractivity contribution is 5.81. The summed E-state index contributed by atoms with van der Waals surface area (Å²) >= 11 is 0. The normalized spacial score (nSPS) is 49.3. The largest absolute Gasteiger partial charge is 0.462 e. The van der Waals surface area contributed by atoms with Crippen molar-refractivity contribution < 1.29 is 28.9 Å². The minimum absolute atomic E-state index is 0.0122. The number of methoxy groups -OCH3 is 1. The number of ether oxygens (including phenoxy) is 3. The Kier molecular flexibility index (Phi) is 3.81. The lowest BCUT2D eigenvalue weighted by molar-refractivity contribution is -0.305. The summed E-state index contributed by atoms with van der Waals surface area (Å²) in [5, 5.41) is 11.9. The number of esters is 2. The van der Waals surface area contributed by atoms with Crippen molar-refractivity contribution in [3.05, 3.63) is 0 Å². The summed E-state index contributed by atoms with van der Waals surface area (Å²) in [4.78, 5) is 24.4. The molecule has 0 aromatic carbocycles. The summed E-state index contributed by atoms with van der Waals surface area (Å²) < 4.78 is 16.6. The summed E-state index contributed by atoms with van der Waals surface area (Å²) in [6.45, 7) is 9.12. The van der Waals surface area contributed by atoms with Gasteiger partial charge in [-0.1, -0.05) is 20.8 Å². The third-order valence-corrected chi connectivity index (χ3v) is 7.10. The molecular formula is C18H28O6. The molecule has 0 amide bonds. The topological polar surface area (TPSA) is 82.1 Å². The van der Waals surface area contributed by atoms with E-state index < -0.39 is 34.8 Å². The second kappa shape index (κ2) is 5.18. The van der Waals surface area contributed by atoms with E-state index in [9.17, 15) is 14.7 Å². The van der Waals surface area contributed by atoms with Crippen LogP contribution in [-0.4, -0.2) is 42.1 Å². The molecule has 6 nitrogen and oxygen atoms in total. The van der Waals surface area contributed by atoms with Gasteiger partial charge in [0.15, 0.2) is 0 Å². The minimum Gasteiger partial charge on any atom is -0.462 e. The maximum absolute atomic E-state index is 12.9. The van der Waals surface area contributed by atoms with E-state index in [1.165, 1.54) is 14.0 Å². The van der Waals surface area contributed by atoms with Crippen LogP contribution in [0.4, 0.5) is 0 Å². The van der Waals surface area contributed by atoms with Crippen molar-refractivity contribution in [2.24, 2.45) is 28.6 Å². The average Bonchev–Trinajstić information content (AvgIpc) is 2.63. The van der Waals surface area contributed by atoms with E-state index in [1.807, 2.05) is 20.8 Å². The molecule has 136 valence electrons. The zero-order valence-corrected chi connectivity index (χ0v) is 15.3. The number of aliphatic hydroxyl groups is 1. The Hall–Kier alpha value is -1.14. The Morgan fingerprint density at radius 3 is 2.50 bits per heavy atom. The second-order valence-corrected chi connectivity index (χ2v) is 8.54. The lowest BCUT2D eigenvalue weighted by atomic mass is 9.52. The van der Waals surface area contributed by atoms with Crippen LogP contribution in [0.5, 0.6) is 0 Å². The van der Waals surface area contributed by atoms with Gasteiger partial charge in [0.05, 0.1) is 16.9 Å². The van der Waals surface area contributed by atoms with Crippen LogP contribution in [-0.2, 0) is 23.8 Å². The van der Waals surface area contributed by atoms with Crippen LogP contribution in [0.3, 0.4) is 0 Å². The van der Waals surface area contributed by atoms with Crippen molar-refractivity contribution in [1.82, 2.24) is 0 Å². The summed E-state index contributed by atoms with van der Waals surface area (Å²) in [7, 11) is 1.49. The van der Waals surface area contributed by atoms with E-state index in [1.54, 1.807) is 6.92 Å². The molecule has 6 heteroatoms. The first-order chi connectivity index (χ1) is 11.0. The fraction of sp³-hybridized carbons (Fsp3) is 0.889. The van der Waals surface area contributed by atoms with Crippen LogP contribution in [0.2, 0.25) is 0 Å². The van der Waals surface area contributed by atoms with Gasteiger partial charge < -0.3 is 19.3 Å². The van der Waals surface area contributed by atoms with E-state index in [0.29, 0.717) is 12.8 Å². The highest BCUT2D eigenvalue weighted by Crippen LogP contribution is 2.70. The third kappa shape index (κ3) is 1.90. The molecule has 3 aliphatic rings. The van der Waals surface area contributed by atoms with Crippen LogP contribution < -0.4 is 0 Å². The molecular weight excluding hydrogens is 312 g/mol. The summed E-state index contributed by atoms with van der Waals surface area (Å²) in [5.74, 6) is -1.46. The molecule has 0 radical (unpaired) electrons. The molecule has 0 unspecified atom stereocenters. The molecule has 1 heterocycles. The molecule has 1 N–H and O–H groups in total. The lowest BCUT2D eigenvalue weighted by Gasteiger charge is -2.59. The number of carbonyl (C=O) groups is 2. The maximum Gasteiger partial charge on any atom is 0.317 e. The predicted octanol–water partition coefficient (Wildman–Crippen LogP) is 1.89. The average molecular weight is 340 g/mol. The fourth-order valence-electron chi connectivity index (χ4n) is 5.68. The molecule has 1 aliphatic heterocycles. The number of hydrogen-bond donors (Lipinski definition) is 1. The van der Waals surface area contributed by atoms with Crippen LogP contribution in [0.15, 0.2) is 0 Å². The van der Waals surface area contributed by atoms with Gasteiger partial charge in [0.2, 0.25) is 6.29 Å². The molecule has 0 bridgehead atoms. The molecule has 3 rings (SSSR count). The first-order valence-electron chi connectivity index (χ1n) is 8.64. The second-order valence-electron chi connectivity index (χ2n) is 8.54. The number of hydrogen-bond acceptors (Lipinski definition) is 6. The van der Waals surface area contributed by atoms with E-state index in [4.69, 9.17) is 14.2 Å². The van der Waals surface area contributed by atoms with Gasteiger partial charge in [-0.3, -0.25) is 9.59 Å². The van der Waals surface area contributed by atoms with Crippen molar-refractivity contribution in [2.45, 2.75) is 65.5 Å². The van der Waals surface area contributed by atoms with E-state index >= 15 is 0 Å². The Labute approximate surface area is 142 Å². The van der Waals surface area contributed by atoms with Crippen LogP contribution in [0, 0.1) is 28.6 Å². The van der Waals surface area contributed by atoms with Crippen molar-refractivity contribution >= 4 is 11.9 Å². The summed E-state index contributed by atoms with van der Waals surface area (Å²) in [6.07, 6.45) is 0.0385. The van der Waals surface area contributed by atoms with Gasteiger partial charge in [-0.2, -0.15) is 0 Å². The standard InChI is InChI=1S/C18H28O6/c1-9-7-12(23-10(2)19)11-8-16(3,4)17(5)15(20)24-14(22-6)13(9)18(11,17)21/h9,11-14,21H,7-8H2,1-6H3/t9-,11-,12+,13-,14-,17+,18+/m1/s1. The summed E-state index contributed by atoms with van der Waals surface area (Å²) in [5.41, 5.74) is -2.88. The molecule has 3 fully saturated rings. The minimum atomic E-state index is -1.33. The summed E-state index contributed by atoms with van der Waals surface area (Å²) in [6, 6.07) is 0. The lowest BCUT2D eigenvalue weighted by Crippen LogP contribution is -2.71. The van der Waals surface area contributed by atoms with Gasteiger partial charge in [0, 0.05) is 20.0 Å². The highest BCUT2D eigenvalue weighted by Gasteiger charge is 2.79. The monoisotopic (exact) mass is 340 g/mol.